The van der Waals surface area contributed by atoms with Crippen molar-refractivity contribution in [3.8, 4) is 5.75 Å². The normalized spacial score (nSPS) is 23.2. The number of rotatable bonds is 10. The molecule has 0 aromatic heterocycles. The maximum Gasteiger partial charge on any atom is 0.252 e. The van der Waals surface area contributed by atoms with Gasteiger partial charge in [-0.1, -0.05) is 44.7 Å². The lowest BCUT2D eigenvalue weighted by Gasteiger charge is -2.45. The number of ether oxygens (including phenoxy) is 1. The number of hydrogen-bond donors (Lipinski definition) is 2. The number of hydrogen-bond acceptors (Lipinski definition) is 4. The topological polar surface area (TPSA) is 58.6 Å². The second kappa shape index (κ2) is 12.1. The fourth-order valence-electron chi connectivity index (χ4n) is 4.69. The molecule has 6 heteroatoms. The number of halogens is 1. The maximum atomic E-state index is 12.8. The fourth-order valence-corrected chi connectivity index (χ4v) is 5.63. The zero-order valence-electron chi connectivity index (χ0n) is 16.6. The summed E-state index contributed by atoms with van der Waals surface area (Å²) < 4.78 is 5.77. The van der Waals surface area contributed by atoms with E-state index >= 15 is 0 Å². The number of amides is 1. The van der Waals surface area contributed by atoms with Gasteiger partial charge in [-0.3, -0.25) is 4.79 Å². The van der Waals surface area contributed by atoms with Crippen LogP contribution in [0.15, 0.2) is 18.2 Å². The standard InChI is InChI=1S/C22H32ClNO3S.CH4/c23-20-7-6-18(27-11-13-28-12-3-10-25)14-19(20)21(26)24-16-22-8-1-4-17(15-22)5-2-9-22;/h6-7,14,17,25H,1-5,8-13,15-16H2,(H,24,26);1H4. The molecule has 2 N–H and O–H groups in total. The second-order valence-electron chi connectivity index (χ2n) is 8.22. The minimum atomic E-state index is -0.102. The Hall–Kier alpha value is -0.910. The Kier molecular flexibility index (Phi) is 10.1. The highest BCUT2D eigenvalue weighted by atomic mass is 35.5. The van der Waals surface area contributed by atoms with Gasteiger partial charge in [-0.25, -0.2) is 0 Å². The van der Waals surface area contributed by atoms with Crippen LogP contribution in [0.3, 0.4) is 0 Å². The van der Waals surface area contributed by atoms with Crippen molar-refractivity contribution in [1.29, 1.82) is 0 Å². The Morgan fingerprint density at radius 1 is 1.28 bits per heavy atom. The van der Waals surface area contributed by atoms with Crippen LogP contribution in [-0.2, 0) is 0 Å². The Morgan fingerprint density at radius 2 is 2.03 bits per heavy atom. The Morgan fingerprint density at radius 3 is 2.76 bits per heavy atom. The van der Waals surface area contributed by atoms with Crippen LogP contribution in [0.4, 0.5) is 0 Å². The third-order valence-electron chi connectivity index (χ3n) is 6.11. The van der Waals surface area contributed by atoms with E-state index in [0.717, 1.165) is 30.4 Å². The van der Waals surface area contributed by atoms with Gasteiger partial charge in [0.15, 0.2) is 0 Å². The molecule has 0 radical (unpaired) electrons. The predicted molar refractivity (Wildman–Crippen MR) is 123 cm³/mol. The second-order valence-corrected chi connectivity index (χ2v) is 9.85. The lowest BCUT2D eigenvalue weighted by molar-refractivity contribution is 0.0681. The van der Waals surface area contributed by atoms with E-state index in [1.165, 1.54) is 44.9 Å². The maximum absolute atomic E-state index is 12.8. The van der Waals surface area contributed by atoms with Gasteiger partial charge in [0.2, 0.25) is 0 Å². The number of carbonyl (C=O) groups excluding carboxylic acids is 1. The van der Waals surface area contributed by atoms with Crippen molar-refractivity contribution in [3.63, 3.8) is 0 Å². The molecule has 0 heterocycles. The lowest BCUT2D eigenvalue weighted by atomic mass is 9.62. The van der Waals surface area contributed by atoms with Crippen molar-refractivity contribution in [1.82, 2.24) is 5.32 Å². The molecule has 1 amide bonds. The lowest BCUT2D eigenvalue weighted by Crippen LogP contribution is -2.43. The molecule has 29 heavy (non-hydrogen) atoms. The minimum Gasteiger partial charge on any atom is -0.493 e. The highest BCUT2D eigenvalue weighted by Crippen LogP contribution is 2.48. The van der Waals surface area contributed by atoms with Gasteiger partial charge in [0.25, 0.3) is 5.91 Å². The Bertz CT molecular complexity index is 645. The van der Waals surface area contributed by atoms with Crippen LogP contribution in [-0.4, -0.2) is 42.3 Å². The van der Waals surface area contributed by atoms with Gasteiger partial charge in [0.05, 0.1) is 17.2 Å². The number of carbonyl (C=O) groups is 1. The summed E-state index contributed by atoms with van der Waals surface area (Å²) >= 11 is 8.04. The summed E-state index contributed by atoms with van der Waals surface area (Å²) in [5, 5.41) is 12.4. The monoisotopic (exact) mass is 441 g/mol. The van der Waals surface area contributed by atoms with Crippen molar-refractivity contribution in [3.05, 3.63) is 28.8 Å². The molecule has 2 bridgehead atoms. The van der Waals surface area contributed by atoms with E-state index in [2.05, 4.69) is 5.32 Å². The van der Waals surface area contributed by atoms with Crippen molar-refractivity contribution >= 4 is 29.3 Å². The average molecular weight is 442 g/mol. The van der Waals surface area contributed by atoms with E-state index in [1.54, 1.807) is 23.9 Å². The number of benzene rings is 1. The van der Waals surface area contributed by atoms with E-state index in [1.807, 2.05) is 6.07 Å². The third-order valence-corrected chi connectivity index (χ3v) is 7.47. The molecule has 4 nitrogen and oxygen atoms in total. The molecule has 0 saturated heterocycles. The zero-order chi connectivity index (χ0) is 19.8. The summed E-state index contributed by atoms with van der Waals surface area (Å²) in [6.45, 7) is 1.56. The Balaban J connectivity index is 0.00000300. The number of aliphatic hydroxyl groups is 1. The zero-order valence-corrected chi connectivity index (χ0v) is 18.1. The van der Waals surface area contributed by atoms with Crippen LogP contribution in [0.25, 0.3) is 0 Å². The molecule has 164 valence electrons. The molecule has 2 saturated carbocycles. The predicted octanol–water partition coefficient (Wildman–Crippen LogP) is 5.56. The number of thioether (sulfide) groups is 1. The first kappa shape index (κ1) is 24.4. The fraction of sp³-hybridized carbons (Fsp3) is 0.696. The molecule has 0 unspecified atom stereocenters. The van der Waals surface area contributed by atoms with Gasteiger partial charge in [0, 0.05) is 18.9 Å². The van der Waals surface area contributed by atoms with Gasteiger partial charge in [-0.05, 0) is 61.0 Å². The minimum absolute atomic E-state index is 0. The van der Waals surface area contributed by atoms with Crippen LogP contribution in [0, 0.1) is 11.3 Å². The highest BCUT2D eigenvalue weighted by Gasteiger charge is 2.39. The first-order valence-corrected chi connectivity index (χ1v) is 12.0. The van der Waals surface area contributed by atoms with Crippen LogP contribution >= 0.6 is 23.4 Å². The quantitative estimate of drug-likeness (QED) is 0.466. The summed E-state index contributed by atoms with van der Waals surface area (Å²) in [5.41, 5.74) is 0.787. The average Bonchev–Trinajstić information content (AvgIpc) is 2.70. The molecule has 3 rings (SSSR count). The van der Waals surface area contributed by atoms with E-state index in [-0.39, 0.29) is 19.9 Å². The van der Waals surface area contributed by atoms with E-state index in [4.69, 9.17) is 21.4 Å². The summed E-state index contributed by atoms with van der Waals surface area (Å²) in [4.78, 5) is 12.8. The molecule has 0 atom stereocenters. The largest absolute Gasteiger partial charge is 0.493 e. The van der Waals surface area contributed by atoms with E-state index < -0.39 is 0 Å². The molecular formula is C23H36ClNO3S. The summed E-state index contributed by atoms with van der Waals surface area (Å²) in [6, 6.07) is 5.29. The van der Waals surface area contributed by atoms with Crippen molar-refractivity contribution in [2.45, 2.75) is 58.8 Å². The van der Waals surface area contributed by atoms with Crippen LogP contribution in [0.1, 0.15) is 69.2 Å². The van der Waals surface area contributed by atoms with E-state index in [9.17, 15) is 4.79 Å². The van der Waals surface area contributed by atoms with Gasteiger partial charge < -0.3 is 15.2 Å². The van der Waals surface area contributed by atoms with Crippen LogP contribution < -0.4 is 10.1 Å². The smallest absolute Gasteiger partial charge is 0.252 e. The number of nitrogens with one attached hydrogen (secondary N) is 1. The molecule has 1 aromatic carbocycles. The first-order valence-electron chi connectivity index (χ1n) is 10.5. The summed E-state index contributed by atoms with van der Waals surface area (Å²) in [6.07, 6.45) is 9.83. The van der Waals surface area contributed by atoms with Gasteiger partial charge in [-0.2, -0.15) is 11.8 Å². The van der Waals surface area contributed by atoms with Crippen LogP contribution in [0.2, 0.25) is 5.02 Å². The molecule has 0 spiro atoms. The summed E-state index contributed by atoms with van der Waals surface area (Å²) in [5.74, 6) is 3.21. The third kappa shape index (κ3) is 7.08. The van der Waals surface area contributed by atoms with Crippen LogP contribution in [0.5, 0.6) is 5.75 Å². The number of fused-ring (bicyclic) bond motifs is 2. The van der Waals surface area contributed by atoms with Crippen molar-refractivity contribution in [2.24, 2.45) is 11.3 Å². The van der Waals surface area contributed by atoms with Gasteiger partial charge in [-0.15, -0.1) is 0 Å². The molecule has 0 aliphatic heterocycles. The highest BCUT2D eigenvalue weighted by molar-refractivity contribution is 7.99. The molecule has 2 aliphatic rings. The molecule has 1 aromatic rings. The molecule has 2 aliphatic carbocycles. The first-order chi connectivity index (χ1) is 13.6. The SMILES string of the molecule is C.O=C(NCC12CCCC(CCC1)C2)c1cc(OCCSCCCO)ccc1Cl. The Labute approximate surface area is 185 Å². The summed E-state index contributed by atoms with van der Waals surface area (Å²) in [7, 11) is 0. The van der Waals surface area contributed by atoms with Crippen molar-refractivity contribution in [2.75, 3.05) is 31.3 Å². The molecule has 2 fully saturated rings. The van der Waals surface area contributed by atoms with Gasteiger partial charge in [0.1, 0.15) is 5.75 Å². The van der Waals surface area contributed by atoms with Gasteiger partial charge >= 0.3 is 0 Å². The number of aliphatic hydroxyl groups excluding tert-OH is 1. The molecular weight excluding hydrogens is 406 g/mol. The van der Waals surface area contributed by atoms with Crippen molar-refractivity contribution < 1.29 is 14.6 Å². The van der Waals surface area contributed by atoms with E-state index in [0.29, 0.717) is 28.4 Å².